The van der Waals surface area contributed by atoms with Crippen LogP contribution >= 0.6 is 0 Å². The van der Waals surface area contributed by atoms with Gasteiger partial charge in [-0.1, -0.05) is 0 Å². The first kappa shape index (κ1) is 13.8. The van der Waals surface area contributed by atoms with Crippen LogP contribution < -0.4 is 5.73 Å². The van der Waals surface area contributed by atoms with E-state index in [1.807, 2.05) is 0 Å². The van der Waals surface area contributed by atoms with Gasteiger partial charge in [0.15, 0.2) is 5.69 Å². The van der Waals surface area contributed by atoms with Crippen molar-refractivity contribution < 1.29 is 27.1 Å². The molecular weight excluding hydrogens is 247 g/mol. The average Bonchev–Trinajstić information content (AvgIpc) is 2.25. The fraction of sp³-hybridized carbons (Fsp3) is 0.444. The lowest BCUT2D eigenvalue weighted by Gasteiger charge is -2.17. The van der Waals surface area contributed by atoms with Gasteiger partial charge in [-0.05, 0) is 5.56 Å². The quantitative estimate of drug-likeness (QED) is 0.813. The van der Waals surface area contributed by atoms with Crippen molar-refractivity contribution in [1.82, 2.24) is 4.98 Å². The second kappa shape index (κ2) is 4.92. The molecule has 96 valence electrons. The monoisotopic (exact) mass is 256 g/mol. The first-order valence-corrected chi connectivity index (χ1v) is 4.49. The summed E-state index contributed by atoms with van der Waals surface area (Å²) in [5.74, 6) is 0. The first-order chi connectivity index (χ1) is 7.82. The van der Waals surface area contributed by atoms with Crippen LogP contribution in [0.1, 0.15) is 28.8 Å². The number of alkyl halides is 5. The third-order valence-electron chi connectivity index (χ3n) is 2.18. The Bertz CT molecular complexity index is 405. The number of pyridine rings is 1. The van der Waals surface area contributed by atoms with E-state index in [-0.39, 0.29) is 5.56 Å². The molecule has 0 aromatic carbocycles. The largest absolute Gasteiger partial charge is 0.433 e. The van der Waals surface area contributed by atoms with E-state index in [4.69, 9.17) is 10.8 Å². The summed E-state index contributed by atoms with van der Waals surface area (Å²) in [6.07, 6.45) is -7.63. The molecule has 0 saturated carbocycles. The number of hydrogen-bond acceptors (Lipinski definition) is 3. The zero-order chi connectivity index (χ0) is 13.2. The molecule has 3 nitrogen and oxygen atoms in total. The predicted octanol–water partition coefficient (Wildman–Crippen LogP) is 1.99. The molecule has 0 unspecified atom stereocenters. The van der Waals surface area contributed by atoms with Crippen LogP contribution in [0.5, 0.6) is 0 Å². The highest BCUT2D eigenvalue weighted by Gasteiger charge is 2.39. The molecule has 0 fully saturated rings. The van der Waals surface area contributed by atoms with Gasteiger partial charge in [0.2, 0.25) is 0 Å². The predicted molar refractivity (Wildman–Crippen MR) is 48.0 cm³/mol. The molecule has 17 heavy (non-hydrogen) atoms. The second-order valence-electron chi connectivity index (χ2n) is 3.18. The van der Waals surface area contributed by atoms with Gasteiger partial charge in [0.25, 0.3) is 6.43 Å². The molecule has 0 saturated heterocycles. The molecule has 1 aromatic heterocycles. The molecule has 0 aliphatic carbocycles. The number of hydrogen-bond donors (Lipinski definition) is 2. The summed E-state index contributed by atoms with van der Waals surface area (Å²) in [7, 11) is 0. The fourth-order valence-electron chi connectivity index (χ4n) is 1.44. The maximum absolute atomic E-state index is 12.6. The summed E-state index contributed by atoms with van der Waals surface area (Å²) >= 11 is 0. The van der Waals surface area contributed by atoms with Crippen LogP contribution in [-0.2, 0) is 19.3 Å². The molecule has 0 spiro atoms. The average molecular weight is 256 g/mol. The zero-order valence-corrected chi connectivity index (χ0v) is 8.43. The number of rotatable bonds is 3. The highest BCUT2D eigenvalue weighted by molar-refractivity contribution is 5.38. The van der Waals surface area contributed by atoms with Gasteiger partial charge in [0.1, 0.15) is 0 Å². The summed E-state index contributed by atoms with van der Waals surface area (Å²) in [6, 6.07) is 0. The summed E-state index contributed by atoms with van der Waals surface area (Å²) < 4.78 is 62.7. The van der Waals surface area contributed by atoms with Crippen LogP contribution in [0.15, 0.2) is 6.20 Å². The Balaban J connectivity index is 3.54. The maximum Gasteiger partial charge on any atom is 0.433 e. The van der Waals surface area contributed by atoms with Gasteiger partial charge >= 0.3 is 6.18 Å². The Morgan fingerprint density at radius 3 is 2.29 bits per heavy atom. The van der Waals surface area contributed by atoms with Crippen LogP contribution in [0.4, 0.5) is 22.0 Å². The van der Waals surface area contributed by atoms with Gasteiger partial charge < -0.3 is 10.8 Å². The van der Waals surface area contributed by atoms with Crippen molar-refractivity contribution in [1.29, 1.82) is 0 Å². The molecule has 8 heteroatoms. The number of nitrogens with zero attached hydrogens (tertiary/aromatic N) is 1. The van der Waals surface area contributed by atoms with Crippen LogP contribution in [-0.4, -0.2) is 10.1 Å². The van der Waals surface area contributed by atoms with E-state index in [1.54, 1.807) is 0 Å². The lowest BCUT2D eigenvalue weighted by molar-refractivity contribution is -0.143. The number of aliphatic hydroxyl groups is 1. The molecule has 0 aliphatic rings. The van der Waals surface area contributed by atoms with Crippen molar-refractivity contribution >= 4 is 0 Å². The minimum Gasteiger partial charge on any atom is -0.392 e. The molecule has 0 radical (unpaired) electrons. The van der Waals surface area contributed by atoms with Gasteiger partial charge in [0.05, 0.1) is 12.2 Å². The van der Waals surface area contributed by atoms with E-state index in [2.05, 4.69) is 4.98 Å². The van der Waals surface area contributed by atoms with Crippen molar-refractivity contribution in [3.8, 4) is 0 Å². The van der Waals surface area contributed by atoms with E-state index in [0.29, 0.717) is 6.20 Å². The Morgan fingerprint density at radius 1 is 1.35 bits per heavy atom. The Hall–Kier alpha value is -1.28. The lowest BCUT2D eigenvalue weighted by Crippen LogP contribution is -2.18. The maximum atomic E-state index is 12.6. The number of aliphatic hydroxyl groups excluding tert-OH is 1. The van der Waals surface area contributed by atoms with Crippen LogP contribution in [0.25, 0.3) is 0 Å². The summed E-state index contributed by atoms with van der Waals surface area (Å²) in [4.78, 5) is 2.93. The number of aromatic nitrogens is 1. The SMILES string of the molecule is NCc1c(CO)cnc(C(F)(F)F)c1C(F)F. The van der Waals surface area contributed by atoms with Crippen LogP contribution in [0.3, 0.4) is 0 Å². The summed E-state index contributed by atoms with van der Waals surface area (Å²) in [5.41, 5.74) is 1.68. The Morgan fingerprint density at radius 2 is 1.94 bits per heavy atom. The van der Waals surface area contributed by atoms with Crippen LogP contribution in [0, 0.1) is 0 Å². The standard InChI is InChI=1S/C9H9F5N2O/c10-8(11)6-5(1-15)4(3-17)2-16-7(6)9(12,13)14/h2,8,17H,1,3,15H2. The molecule has 3 N–H and O–H groups in total. The highest BCUT2D eigenvalue weighted by Crippen LogP contribution is 2.37. The van der Waals surface area contributed by atoms with Gasteiger partial charge in [-0.15, -0.1) is 0 Å². The normalized spacial score (nSPS) is 12.2. The zero-order valence-electron chi connectivity index (χ0n) is 8.43. The molecule has 1 heterocycles. The van der Waals surface area contributed by atoms with Crippen molar-refractivity contribution in [2.45, 2.75) is 25.8 Å². The molecule has 0 aliphatic heterocycles. The Labute approximate surface area is 93.1 Å². The molecule has 0 amide bonds. The van der Waals surface area contributed by atoms with E-state index >= 15 is 0 Å². The second-order valence-corrected chi connectivity index (χ2v) is 3.18. The summed E-state index contributed by atoms with van der Waals surface area (Å²) in [5, 5.41) is 8.83. The third kappa shape index (κ3) is 2.70. The van der Waals surface area contributed by atoms with E-state index in [9.17, 15) is 22.0 Å². The van der Waals surface area contributed by atoms with E-state index < -0.39 is 42.6 Å². The van der Waals surface area contributed by atoms with Crippen molar-refractivity contribution in [2.24, 2.45) is 5.73 Å². The van der Waals surface area contributed by atoms with Gasteiger partial charge in [-0.25, -0.2) is 8.78 Å². The van der Waals surface area contributed by atoms with Crippen molar-refractivity contribution in [3.05, 3.63) is 28.6 Å². The minimum atomic E-state index is -4.98. The highest BCUT2D eigenvalue weighted by atomic mass is 19.4. The molecule has 1 rings (SSSR count). The van der Waals surface area contributed by atoms with Gasteiger partial charge in [0, 0.05) is 18.3 Å². The topological polar surface area (TPSA) is 59.1 Å². The number of nitrogens with two attached hydrogens (primary N) is 1. The first-order valence-electron chi connectivity index (χ1n) is 4.49. The molecule has 0 bridgehead atoms. The fourth-order valence-corrected chi connectivity index (χ4v) is 1.44. The number of halogens is 5. The van der Waals surface area contributed by atoms with Gasteiger partial charge in [-0.2, -0.15) is 13.2 Å². The molecule has 1 aromatic rings. The van der Waals surface area contributed by atoms with Crippen molar-refractivity contribution in [2.75, 3.05) is 0 Å². The van der Waals surface area contributed by atoms with Crippen LogP contribution in [0.2, 0.25) is 0 Å². The van der Waals surface area contributed by atoms with E-state index in [1.165, 1.54) is 0 Å². The smallest absolute Gasteiger partial charge is 0.392 e. The van der Waals surface area contributed by atoms with Gasteiger partial charge in [-0.3, -0.25) is 4.98 Å². The minimum absolute atomic E-state index is 0.129. The van der Waals surface area contributed by atoms with Crippen molar-refractivity contribution in [3.63, 3.8) is 0 Å². The molecule has 0 atom stereocenters. The summed E-state index contributed by atoms with van der Waals surface area (Å²) in [6.45, 7) is -1.22. The third-order valence-corrected chi connectivity index (χ3v) is 2.18. The lowest BCUT2D eigenvalue weighted by atomic mass is 10.0. The Kier molecular flexibility index (Phi) is 3.99. The molecular formula is C9H9F5N2O. The van der Waals surface area contributed by atoms with E-state index in [0.717, 1.165) is 0 Å².